The van der Waals surface area contributed by atoms with Crippen LogP contribution >= 0.6 is 23.1 Å². The van der Waals surface area contributed by atoms with Gasteiger partial charge in [0.15, 0.2) is 4.34 Å². The van der Waals surface area contributed by atoms with Crippen molar-refractivity contribution in [2.75, 3.05) is 0 Å². The fourth-order valence-electron chi connectivity index (χ4n) is 1.89. The van der Waals surface area contributed by atoms with E-state index < -0.39 is 11.7 Å². The first-order chi connectivity index (χ1) is 10.4. The lowest BCUT2D eigenvalue weighted by atomic mass is 10.1. The number of alkyl halides is 3. The van der Waals surface area contributed by atoms with Gasteiger partial charge in [0.05, 0.1) is 15.8 Å². The number of phenolic OH excluding ortho intramolecular Hbond substituents is 1. The first-order valence-corrected chi connectivity index (χ1v) is 8.10. The van der Waals surface area contributed by atoms with Gasteiger partial charge in [-0.2, -0.15) is 13.2 Å². The lowest BCUT2D eigenvalue weighted by Gasteiger charge is -2.06. The molecule has 0 saturated carbocycles. The molecule has 114 valence electrons. The van der Waals surface area contributed by atoms with Gasteiger partial charge in [-0.25, -0.2) is 4.98 Å². The van der Waals surface area contributed by atoms with Crippen molar-refractivity contribution in [1.82, 2.24) is 4.98 Å². The average Bonchev–Trinajstić information content (AvgIpc) is 2.86. The minimum absolute atomic E-state index is 0.190. The lowest BCUT2D eigenvalue weighted by molar-refractivity contribution is -0.137. The highest BCUT2D eigenvalue weighted by molar-refractivity contribution is 8.00. The molecular formula is C15H10F3NOS2. The van der Waals surface area contributed by atoms with E-state index in [2.05, 4.69) is 4.98 Å². The second-order valence-corrected chi connectivity index (χ2v) is 6.87. The molecule has 1 heterocycles. The molecule has 0 atom stereocenters. The Morgan fingerprint density at radius 2 is 1.82 bits per heavy atom. The minimum Gasteiger partial charge on any atom is -0.508 e. The number of hydrogen-bond acceptors (Lipinski definition) is 4. The number of nitrogens with zero attached hydrogens (tertiary/aromatic N) is 1. The first kappa shape index (κ1) is 15.2. The fourth-order valence-corrected chi connectivity index (χ4v) is 3.95. The van der Waals surface area contributed by atoms with E-state index in [-0.39, 0.29) is 5.75 Å². The molecule has 0 saturated heterocycles. The zero-order chi connectivity index (χ0) is 15.7. The molecule has 0 fully saturated rings. The highest BCUT2D eigenvalue weighted by atomic mass is 32.2. The van der Waals surface area contributed by atoms with Crippen LogP contribution in [0.2, 0.25) is 0 Å². The largest absolute Gasteiger partial charge is 0.508 e. The number of rotatable bonds is 3. The number of phenols is 1. The Labute approximate surface area is 132 Å². The quantitative estimate of drug-likeness (QED) is 0.655. The van der Waals surface area contributed by atoms with E-state index in [1.165, 1.54) is 35.2 Å². The van der Waals surface area contributed by atoms with Crippen molar-refractivity contribution in [2.45, 2.75) is 16.3 Å². The van der Waals surface area contributed by atoms with Crippen molar-refractivity contribution in [1.29, 1.82) is 0 Å². The van der Waals surface area contributed by atoms with Gasteiger partial charge in [0.25, 0.3) is 0 Å². The molecule has 2 aromatic carbocycles. The molecule has 7 heteroatoms. The van der Waals surface area contributed by atoms with Crippen LogP contribution in [0, 0.1) is 0 Å². The molecule has 0 aliphatic heterocycles. The molecular weight excluding hydrogens is 331 g/mol. The highest BCUT2D eigenvalue weighted by Crippen LogP contribution is 2.34. The molecule has 1 aromatic heterocycles. The summed E-state index contributed by atoms with van der Waals surface area (Å²) in [7, 11) is 0. The number of halogens is 3. The van der Waals surface area contributed by atoms with Crippen LogP contribution < -0.4 is 0 Å². The van der Waals surface area contributed by atoms with Gasteiger partial charge in [-0.3, -0.25) is 0 Å². The van der Waals surface area contributed by atoms with E-state index in [0.29, 0.717) is 5.75 Å². The first-order valence-electron chi connectivity index (χ1n) is 6.30. The predicted molar refractivity (Wildman–Crippen MR) is 82.3 cm³/mol. The molecule has 0 aliphatic carbocycles. The third kappa shape index (κ3) is 3.36. The van der Waals surface area contributed by atoms with Crippen molar-refractivity contribution in [3.8, 4) is 5.75 Å². The Bertz CT molecular complexity index is 797. The minimum atomic E-state index is -4.30. The lowest BCUT2D eigenvalue weighted by Crippen LogP contribution is -2.04. The molecule has 0 radical (unpaired) electrons. The Hall–Kier alpha value is -1.73. The molecule has 3 rings (SSSR count). The normalized spacial score (nSPS) is 12.0. The summed E-state index contributed by atoms with van der Waals surface area (Å²) >= 11 is 2.91. The Balaban J connectivity index is 1.71. The second kappa shape index (κ2) is 5.81. The van der Waals surface area contributed by atoms with Gasteiger partial charge in [0.1, 0.15) is 5.75 Å². The zero-order valence-electron chi connectivity index (χ0n) is 11.1. The molecule has 22 heavy (non-hydrogen) atoms. The van der Waals surface area contributed by atoms with Gasteiger partial charge in [-0.15, -0.1) is 11.3 Å². The van der Waals surface area contributed by atoms with E-state index in [0.717, 1.165) is 32.3 Å². The van der Waals surface area contributed by atoms with Crippen molar-refractivity contribution in [2.24, 2.45) is 0 Å². The highest BCUT2D eigenvalue weighted by Gasteiger charge is 2.29. The van der Waals surface area contributed by atoms with Crippen molar-refractivity contribution in [3.05, 3.63) is 53.6 Å². The van der Waals surface area contributed by atoms with Gasteiger partial charge in [-0.1, -0.05) is 23.9 Å². The van der Waals surface area contributed by atoms with Crippen molar-refractivity contribution in [3.63, 3.8) is 0 Å². The molecule has 1 N–H and O–H groups in total. The van der Waals surface area contributed by atoms with Gasteiger partial charge in [0, 0.05) is 5.75 Å². The predicted octanol–water partition coefficient (Wildman–Crippen LogP) is 5.31. The van der Waals surface area contributed by atoms with E-state index in [4.69, 9.17) is 0 Å². The molecule has 2 nitrogen and oxygen atoms in total. The monoisotopic (exact) mass is 341 g/mol. The number of aromatic hydroxyl groups is 1. The number of benzene rings is 2. The van der Waals surface area contributed by atoms with Crippen LogP contribution in [-0.2, 0) is 11.9 Å². The molecule has 0 bridgehead atoms. The van der Waals surface area contributed by atoms with Gasteiger partial charge < -0.3 is 5.11 Å². The summed E-state index contributed by atoms with van der Waals surface area (Å²) in [6.45, 7) is 0. The maximum absolute atomic E-state index is 12.5. The SMILES string of the molecule is Oc1ccc2nc(SCc3ccc(C(F)(F)F)cc3)sc2c1. The number of hydrogen-bond donors (Lipinski definition) is 1. The van der Waals surface area contributed by atoms with E-state index in [9.17, 15) is 18.3 Å². The molecule has 0 aliphatic rings. The fraction of sp³-hybridized carbons (Fsp3) is 0.133. The Morgan fingerprint density at radius 1 is 1.09 bits per heavy atom. The van der Waals surface area contributed by atoms with Gasteiger partial charge >= 0.3 is 6.18 Å². The smallest absolute Gasteiger partial charge is 0.416 e. The van der Waals surface area contributed by atoms with E-state index >= 15 is 0 Å². The number of fused-ring (bicyclic) bond motifs is 1. The Kier molecular flexibility index (Phi) is 4.01. The van der Waals surface area contributed by atoms with Crippen LogP contribution in [0.25, 0.3) is 10.2 Å². The number of thiazole rings is 1. The molecule has 0 amide bonds. The van der Waals surface area contributed by atoms with Crippen LogP contribution in [0.5, 0.6) is 5.75 Å². The molecule has 3 aromatic rings. The standard InChI is InChI=1S/C15H10F3NOS2/c16-15(17,18)10-3-1-9(2-4-10)8-21-14-19-12-6-5-11(20)7-13(12)22-14/h1-7,20H,8H2. The topological polar surface area (TPSA) is 33.1 Å². The van der Waals surface area contributed by atoms with Crippen LogP contribution in [0.15, 0.2) is 46.8 Å². The maximum atomic E-state index is 12.5. The third-order valence-electron chi connectivity index (χ3n) is 3.00. The summed E-state index contributed by atoms with van der Waals surface area (Å²) in [5.41, 5.74) is 0.967. The van der Waals surface area contributed by atoms with Crippen molar-refractivity contribution < 1.29 is 18.3 Å². The van der Waals surface area contributed by atoms with Gasteiger partial charge in [-0.05, 0) is 35.9 Å². The van der Waals surface area contributed by atoms with Crippen molar-refractivity contribution >= 4 is 33.3 Å². The van der Waals surface area contributed by atoms with Crippen LogP contribution in [0.3, 0.4) is 0 Å². The van der Waals surface area contributed by atoms with E-state index in [1.807, 2.05) is 0 Å². The third-order valence-corrected chi connectivity index (χ3v) is 5.23. The molecule has 0 unspecified atom stereocenters. The average molecular weight is 341 g/mol. The summed E-state index contributed by atoms with van der Waals surface area (Å²) in [4.78, 5) is 4.42. The zero-order valence-corrected chi connectivity index (χ0v) is 12.7. The maximum Gasteiger partial charge on any atom is 0.416 e. The second-order valence-electron chi connectivity index (χ2n) is 4.62. The van der Waals surface area contributed by atoms with Crippen LogP contribution in [-0.4, -0.2) is 10.1 Å². The summed E-state index contributed by atoms with van der Waals surface area (Å²) in [6.07, 6.45) is -4.30. The molecule has 0 spiro atoms. The van der Waals surface area contributed by atoms with Crippen LogP contribution in [0.4, 0.5) is 13.2 Å². The summed E-state index contributed by atoms with van der Waals surface area (Å²) in [6, 6.07) is 10.1. The summed E-state index contributed by atoms with van der Waals surface area (Å²) in [5, 5.41) is 9.42. The summed E-state index contributed by atoms with van der Waals surface area (Å²) in [5.74, 6) is 0.736. The number of thioether (sulfide) groups is 1. The van der Waals surface area contributed by atoms with Crippen LogP contribution in [0.1, 0.15) is 11.1 Å². The summed E-state index contributed by atoms with van der Waals surface area (Å²) < 4.78 is 39.2. The number of aromatic nitrogens is 1. The van der Waals surface area contributed by atoms with E-state index in [1.54, 1.807) is 18.2 Å². The Morgan fingerprint density at radius 3 is 2.50 bits per heavy atom. The van der Waals surface area contributed by atoms with Gasteiger partial charge in [0.2, 0.25) is 0 Å².